The summed E-state index contributed by atoms with van der Waals surface area (Å²) in [5.41, 5.74) is 1.25. The fraction of sp³-hybridized carbons (Fsp3) is 0.562. The average Bonchev–Trinajstić information content (AvgIpc) is 2.96. The van der Waals surface area contributed by atoms with Crippen LogP contribution in [0.25, 0.3) is 5.65 Å². The first-order valence-corrected chi connectivity index (χ1v) is 7.90. The smallest absolute Gasteiger partial charge is 0.274 e. The van der Waals surface area contributed by atoms with Crippen molar-refractivity contribution in [2.75, 3.05) is 0 Å². The van der Waals surface area contributed by atoms with Crippen LogP contribution in [0.2, 0.25) is 0 Å². The van der Waals surface area contributed by atoms with Gasteiger partial charge in [0.15, 0.2) is 0 Å². The molecule has 0 bridgehead atoms. The van der Waals surface area contributed by atoms with Crippen molar-refractivity contribution < 1.29 is 4.79 Å². The molecule has 6 nitrogen and oxygen atoms in total. The van der Waals surface area contributed by atoms with Crippen LogP contribution in [-0.4, -0.2) is 26.1 Å². The zero-order valence-electron chi connectivity index (χ0n) is 13.1. The van der Waals surface area contributed by atoms with Gasteiger partial charge >= 0.3 is 0 Å². The quantitative estimate of drug-likeness (QED) is 0.934. The lowest BCUT2D eigenvalue weighted by Gasteiger charge is -2.29. The minimum absolute atomic E-state index is 0.00593. The van der Waals surface area contributed by atoms with E-state index >= 15 is 0 Å². The summed E-state index contributed by atoms with van der Waals surface area (Å²) in [5.74, 6) is 0.524. The lowest BCUT2D eigenvalue weighted by atomic mass is 9.86. The Balaban J connectivity index is 1.79. The van der Waals surface area contributed by atoms with Crippen molar-refractivity contribution in [2.45, 2.75) is 52.1 Å². The number of aryl methyl sites for hydroxylation is 1. The van der Waals surface area contributed by atoms with Crippen molar-refractivity contribution >= 4 is 11.6 Å². The van der Waals surface area contributed by atoms with E-state index in [1.54, 1.807) is 12.3 Å². The van der Waals surface area contributed by atoms with Crippen molar-refractivity contribution in [1.29, 1.82) is 0 Å². The molecule has 0 radical (unpaired) electrons. The number of fused-ring (bicyclic) bond motifs is 1. The van der Waals surface area contributed by atoms with Crippen LogP contribution >= 0.6 is 0 Å². The highest BCUT2D eigenvalue weighted by molar-refractivity contribution is 5.76. The van der Waals surface area contributed by atoms with Crippen LogP contribution < -0.4 is 10.9 Å². The van der Waals surface area contributed by atoms with Gasteiger partial charge in [0.1, 0.15) is 12.2 Å². The second-order valence-electron chi connectivity index (χ2n) is 6.25. The SMILES string of the molecule is Cc1cc(=O)n2nccc2n1CC(=O)NC1CCCCC1C. The van der Waals surface area contributed by atoms with Crippen molar-refractivity contribution in [3.05, 3.63) is 34.4 Å². The van der Waals surface area contributed by atoms with E-state index in [-0.39, 0.29) is 24.1 Å². The zero-order valence-corrected chi connectivity index (χ0v) is 13.1. The second kappa shape index (κ2) is 5.94. The highest BCUT2D eigenvalue weighted by atomic mass is 16.2. The van der Waals surface area contributed by atoms with Gasteiger partial charge in [-0.25, -0.2) is 0 Å². The minimum atomic E-state index is -0.171. The van der Waals surface area contributed by atoms with E-state index in [0.717, 1.165) is 12.1 Å². The predicted octanol–water partition coefficient (Wildman–Crippen LogP) is 1.50. The molecule has 118 valence electrons. The Bertz CT molecular complexity index is 746. The standard InChI is InChI=1S/C16H22N4O2/c1-11-5-3-4-6-13(11)18-14(21)10-19-12(2)9-16(22)20-15(19)7-8-17-20/h7-9,11,13H,3-6,10H2,1-2H3,(H,18,21). The van der Waals surface area contributed by atoms with Gasteiger partial charge in [-0.3, -0.25) is 9.59 Å². The molecule has 2 heterocycles. The molecule has 1 fully saturated rings. The fourth-order valence-corrected chi connectivity index (χ4v) is 3.30. The first-order valence-electron chi connectivity index (χ1n) is 7.90. The molecule has 3 rings (SSSR count). The Morgan fingerprint density at radius 2 is 2.18 bits per heavy atom. The number of nitrogens with one attached hydrogen (secondary N) is 1. The van der Waals surface area contributed by atoms with Gasteiger partial charge in [-0.1, -0.05) is 19.8 Å². The third-order valence-electron chi connectivity index (χ3n) is 4.63. The molecular formula is C16H22N4O2. The number of carbonyl (C=O) groups is 1. The maximum Gasteiger partial charge on any atom is 0.274 e. The van der Waals surface area contributed by atoms with E-state index in [0.29, 0.717) is 11.6 Å². The van der Waals surface area contributed by atoms with Crippen LogP contribution in [0.15, 0.2) is 23.1 Å². The molecular weight excluding hydrogens is 280 g/mol. The van der Waals surface area contributed by atoms with Gasteiger partial charge in [0.2, 0.25) is 5.91 Å². The third-order valence-corrected chi connectivity index (χ3v) is 4.63. The van der Waals surface area contributed by atoms with Crippen LogP contribution in [-0.2, 0) is 11.3 Å². The number of hydrogen-bond acceptors (Lipinski definition) is 3. The molecule has 0 spiro atoms. The largest absolute Gasteiger partial charge is 0.352 e. The zero-order chi connectivity index (χ0) is 15.7. The first-order chi connectivity index (χ1) is 10.6. The molecule has 0 aliphatic heterocycles. The van der Waals surface area contributed by atoms with Crippen LogP contribution in [0, 0.1) is 12.8 Å². The molecule has 2 aromatic heterocycles. The molecule has 0 saturated heterocycles. The monoisotopic (exact) mass is 302 g/mol. The van der Waals surface area contributed by atoms with Gasteiger partial charge in [-0.15, -0.1) is 0 Å². The van der Waals surface area contributed by atoms with Crippen LogP contribution in [0.1, 0.15) is 38.3 Å². The lowest BCUT2D eigenvalue weighted by Crippen LogP contribution is -2.42. The van der Waals surface area contributed by atoms with Crippen LogP contribution in [0.3, 0.4) is 0 Å². The van der Waals surface area contributed by atoms with Crippen LogP contribution in [0.4, 0.5) is 0 Å². The summed E-state index contributed by atoms with van der Waals surface area (Å²) >= 11 is 0. The van der Waals surface area contributed by atoms with E-state index in [4.69, 9.17) is 0 Å². The first kappa shape index (κ1) is 14.8. The Labute approximate surface area is 129 Å². The topological polar surface area (TPSA) is 68.4 Å². The molecule has 1 N–H and O–H groups in total. The fourth-order valence-electron chi connectivity index (χ4n) is 3.30. The lowest BCUT2D eigenvalue weighted by molar-refractivity contribution is -0.122. The van der Waals surface area contributed by atoms with E-state index in [1.807, 2.05) is 11.5 Å². The summed E-state index contributed by atoms with van der Waals surface area (Å²) in [7, 11) is 0. The minimum Gasteiger partial charge on any atom is -0.352 e. The Hall–Kier alpha value is -2.11. The van der Waals surface area contributed by atoms with Gasteiger partial charge in [0, 0.05) is 23.9 Å². The van der Waals surface area contributed by atoms with Gasteiger partial charge in [0.25, 0.3) is 5.56 Å². The summed E-state index contributed by atoms with van der Waals surface area (Å²) in [6.07, 6.45) is 6.24. The summed E-state index contributed by atoms with van der Waals surface area (Å²) in [6, 6.07) is 3.53. The Morgan fingerprint density at radius 3 is 2.95 bits per heavy atom. The molecule has 1 aliphatic rings. The van der Waals surface area contributed by atoms with Crippen molar-refractivity contribution in [3.63, 3.8) is 0 Å². The van der Waals surface area contributed by atoms with E-state index < -0.39 is 0 Å². The summed E-state index contributed by atoms with van der Waals surface area (Å²) < 4.78 is 3.15. The molecule has 2 atom stereocenters. The number of rotatable bonds is 3. The molecule has 1 aliphatic carbocycles. The highest BCUT2D eigenvalue weighted by Crippen LogP contribution is 2.23. The molecule has 0 aromatic carbocycles. The number of aromatic nitrogens is 3. The number of nitrogens with zero attached hydrogens (tertiary/aromatic N) is 3. The van der Waals surface area contributed by atoms with E-state index in [9.17, 15) is 9.59 Å². The summed E-state index contributed by atoms with van der Waals surface area (Å²) in [5, 5.41) is 7.15. The molecule has 2 aromatic rings. The number of hydrogen-bond donors (Lipinski definition) is 1. The molecule has 1 saturated carbocycles. The predicted molar refractivity (Wildman–Crippen MR) is 83.8 cm³/mol. The second-order valence-corrected chi connectivity index (χ2v) is 6.25. The Morgan fingerprint density at radius 1 is 1.41 bits per heavy atom. The van der Waals surface area contributed by atoms with E-state index in [1.165, 1.54) is 29.8 Å². The normalized spacial score (nSPS) is 21.9. The average molecular weight is 302 g/mol. The van der Waals surface area contributed by atoms with Crippen molar-refractivity contribution in [2.24, 2.45) is 5.92 Å². The molecule has 2 unspecified atom stereocenters. The van der Waals surface area contributed by atoms with Gasteiger partial charge in [-0.05, 0) is 25.7 Å². The Kier molecular flexibility index (Phi) is 4.00. The summed E-state index contributed by atoms with van der Waals surface area (Å²) in [6.45, 7) is 4.25. The number of carbonyl (C=O) groups excluding carboxylic acids is 1. The third kappa shape index (κ3) is 2.77. The molecule has 1 amide bonds. The maximum atomic E-state index is 12.4. The van der Waals surface area contributed by atoms with Gasteiger partial charge < -0.3 is 9.88 Å². The molecule has 22 heavy (non-hydrogen) atoms. The highest BCUT2D eigenvalue weighted by Gasteiger charge is 2.23. The van der Waals surface area contributed by atoms with E-state index in [2.05, 4.69) is 17.3 Å². The van der Waals surface area contributed by atoms with Crippen molar-refractivity contribution in [1.82, 2.24) is 19.5 Å². The summed E-state index contributed by atoms with van der Waals surface area (Å²) in [4.78, 5) is 24.2. The van der Waals surface area contributed by atoms with Gasteiger partial charge in [-0.2, -0.15) is 9.61 Å². The molecule has 6 heteroatoms. The van der Waals surface area contributed by atoms with Gasteiger partial charge in [0.05, 0.1) is 6.20 Å². The van der Waals surface area contributed by atoms with Crippen LogP contribution in [0.5, 0.6) is 0 Å². The maximum absolute atomic E-state index is 12.4. The number of amides is 1. The van der Waals surface area contributed by atoms with Crippen molar-refractivity contribution in [3.8, 4) is 0 Å².